The van der Waals surface area contributed by atoms with Crippen LogP contribution >= 0.6 is 0 Å². The SMILES string of the molecule is Cc1cn2c(C(C)(C)C)nc3cc(-c4ccccc4-c4cc(-c5ccccc5-c5ccc(-c6cc(-c7ccc(-c8ccccc8)cc7)ccn6)cc5)cc(-c5ccccc5-c5ccc6c(c5)nc(C(C)(C)C)n5cc(C)nc65)c4)ccc3c2n1. The van der Waals surface area contributed by atoms with E-state index in [-0.39, 0.29) is 10.8 Å². The van der Waals surface area contributed by atoms with Gasteiger partial charge in [-0.25, -0.2) is 19.9 Å². The minimum Gasteiger partial charge on any atom is -0.287 e. The number of hydrogen-bond donors (Lipinski definition) is 0. The summed E-state index contributed by atoms with van der Waals surface area (Å²) in [5.74, 6) is 1.96. The molecule has 0 bridgehead atoms. The van der Waals surface area contributed by atoms with Crippen molar-refractivity contribution in [1.82, 2.24) is 33.7 Å². The third kappa shape index (κ3) is 9.51. The first kappa shape index (κ1) is 52.0. The summed E-state index contributed by atoms with van der Waals surface area (Å²) in [6.45, 7) is 17.4. The molecule has 5 aromatic heterocycles. The van der Waals surface area contributed by atoms with Gasteiger partial charge in [0.25, 0.3) is 0 Å². The zero-order valence-electron chi connectivity index (χ0n) is 48.6. The van der Waals surface area contributed by atoms with Crippen LogP contribution in [0, 0.1) is 13.8 Å². The summed E-state index contributed by atoms with van der Waals surface area (Å²) >= 11 is 0. The molecule has 5 heterocycles. The fourth-order valence-corrected chi connectivity index (χ4v) is 12.2. The van der Waals surface area contributed by atoms with Crippen molar-refractivity contribution in [2.45, 2.75) is 66.2 Å². The van der Waals surface area contributed by atoms with Crippen molar-refractivity contribution in [3.63, 3.8) is 0 Å². The standard InChI is InChI=1S/C77H63N7/c1-48-46-83-72(79-48)67-36-34-56(44-70(67)81-74(83)76(3,4)5)62-21-13-16-24-65(62)59-40-58(41-60(42-59)66-25-17-14-22-63(66)57-35-37-68-71(45-57)82-75(77(6,7)8)84-47-49(2)80-73(68)84)64-23-15-12-20-61(64)53-30-32-54(33-31-53)69-43-55(38-39-78-69)52-28-26-51(27-29-52)50-18-10-9-11-19-50/h9-47H,1-8H3. The second kappa shape index (κ2) is 20.4. The molecule has 0 aliphatic carbocycles. The van der Waals surface area contributed by atoms with Crippen LogP contribution in [0.2, 0.25) is 0 Å². The number of aromatic nitrogens is 7. The van der Waals surface area contributed by atoms with Crippen molar-refractivity contribution in [2.24, 2.45) is 0 Å². The maximum absolute atomic E-state index is 5.37. The molecular weight excluding hydrogens is 1020 g/mol. The minimum atomic E-state index is -0.205. The first-order valence-electron chi connectivity index (χ1n) is 29.0. The average Bonchev–Trinajstić information content (AvgIpc) is 3.90. The Balaban J connectivity index is 0.900. The Bertz CT molecular complexity index is 4660. The predicted octanol–water partition coefficient (Wildman–Crippen LogP) is 19.7. The van der Waals surface area contributed by atoms with Gasteiger partial charge in [0.2, 0.25) is 0 Å². The van der Waals surface area contributed by atoms with Crippen LogP contribution in [-0.4, -0.2) is 33.7 Å². The number of nitrogens with zero attached hydrogens (tertiary/aromatic N) is 7. The molecular formula is C77H63N7. The van der Waals surface area contributed by atoms with Crippen LogP contribution in [0.3, 0.4) is 0 Å². The lowest BCUT2D eigenvalue weighted by atomic mass is 9.86. The highest BCUT2D eigenvalue weighted by atomic mass is 15.1. The summed E-state index contributed by atoms with van der Waals surface area (Å²) in [7, 11) is 0. The number of pyridine rings is 1. The van der Waals surface area contributed by atoms with Crippen molar-refractivity contribution in [3.05, 3.63) is 260 Å². The highest BCUT2D eigenvalue weighted by Crippen LogP contribution is 2.44. The van der Waals surface area contributed by atoms with Gasteiger partial charge in [-0.3, -0.25) is 13.8 Å². The third-order valence-corrected chi connectivity index (χ3v) is 16.2. The van der Waals surface area contributed by atoms with Crippen LogP contribution in [0.15, 0.2) is 237 Å². The zero-order valence-corrected chi connectivity index (χ0v) is 48.6. The molecule has 7 nitrogen and oxygen atoms in total. The van der Waals surface area contributed by atoms with E-state index < -0.39 is 0 Å². The van der Waals surface area contributed by atoms with Gasteiger partial charge in [-0.1, -0.05) is 205 Å². The first-order chi connectivity index (χ1) is 40.7. The molecule has 9 aromatic carbocycles. The molecule has 0 aliphatic heterocycles. The smallest absolute Gasteiger partial charge is 0.147 e. The van der Waals surface area contributed by atoms with Gasteiger partial charge in [-0.2, -0.15) is 0 Å². The number of benzene rings is 9. The summed E-state index contributed by atoms with van der Waals surface area (Å²) in [5.41, 5.74) is 25.3. The Kier molecular flexibility index (Phi) is 12.6. The highest BCUT2D eigenvalue weighted by Gasteiger charge is 2.25. The van der Waals surface area contributed by atoms with Crippen LogP contribution in [-0.2, 0) is 10.8 Å². The van der Waals surface area contributed by atoms with E-state index in [4.69, 9.17) is 24.9 Å². The van der Waals surface area contributed by atoms with E-state index >= 15 is 0 Å². The molecule has 0 saturated carbocycles. The fourth-order valence-electron chi connectivity index (χ4n) is 12.2. The lowest BCUT2D eigenvalue weighted by Gasteiger charge is -2.21. The number of aryl methyl sites for hydroxylation is 2. The Labute approximate surface area is 490 Å². The largest absolute Gasteiger partial charge is 0.287 e. The Morgan fingerprint density at radius 1 is 0.298 bits per heavy atom. The van der Waals surface area contributed by atoms with Crippen molar-refractivity contribution in [3.8, 4) is 100 Å². The maximum atomic E-state index is 5.37. The maximum Gasteiger partial charge on any atom is 0.147 e. The fraction of sp³-hybridized carbons (Fsp3) is 0.130. The zero-order chi connectivity index (χ0) is 57.4. The lowest BCUT2D eigenvalue weighted by Crippen LogP contribution is -2.18. The molecule has 0 amide bonds. The van der Waals surface area contributed by atoms with Crippen LogP contribution in [0.1, 0.15) is 64.6 Å². The van der Waals surface area contributed by atoms with E-state index in [9.17, 15) is 0 Å². The second-order valence-corrected chi connectivity index (χ2v) is 24.4. The Morgan fingerprint density at radius 2 is 0.655 bits per heavy atom. The van der Waals surface area contributed by atoms with Gasteiger partial charge in [0.05, 0.1) is 28.1 Å². The summed E-state index contributed by atoms with van der Waals surface area (Å²) in [6.07, 6.45) is 6.12. The van der Waals surface area contributed by atoms with Crippen LogP contribution in [0.5, 0.6) is 0 Å². The number of rotatable bonds is 9. The minimum absolute atomic E-state index is 0.205. The molecule has 0 aliphatic rings. The van der Waals surface area contributed by atoms with E-state index in [0.717, 1.165) is 145 Å². The van der Waals surface area contributed by atoms with Gasteiger partial charge in [0.1, 0.15) is 22.9 Å². The molecule has 0 atom stereocenters. The van der Waals surface area contributed by atoms with Crippen molar-refractivity contribution < 1.29 is 0 Å². The van der Waals surface area contributed by atoms with Gasteiger partial charge in [0.15, 0.2) is 0 Å². The molecule has 14 aromatic rings. The molecule has 14 rings (SSSR count). The topological polar surface area (TPSA) is 73.3 Å². The third-order valence-electron chi connectivity index (χ3n) is 16.2. The monoisotopic (exact) mass is 1090 g/mol. The second-order valence-electron chi connectivity index (χ2n) is 24.4. The molecule has 0 fully saturated rings. The number of hydrogen-bond acceptors (Lipinski definition) is 5. The Hall–Kier alpha value is -10.1. The highest BCUT2D eigenvalue weighted by molar-refractivity contribution is 6.00. The Morgan fingerprint density at radius 3 is 1.10 bits per heavy atom. The molecule has 0 radical (unpaired) electrons. The lowest BCUT2D eigenvalue weighted by molar-refractivity contribution is 0.539. The van der Waals surface area contributed by atoms with Gasteiger partial charge < -0.3 is 0 Å². The van der Waals surface area contributed by atoms with E-state index in [0.29, 0.717) is 0 Å². The van der Waals surface area contributed by atoms with Crippen LogP contribution < -0.4 is 0 Å². The molecule has 0 saturated heterocycles. The van der Waals surface area contributed by atoms with Crippen molar-refractivity contribution >= 4 is 33.1 Å². The van der Waals surface area contributed by atoms with Crippen molar-refractivity contribution in [1.29, 1.82) is 0 Å². The van der Waals surface area contributed by atoms with Crippen LogP contribution in [0.25, 0.3) is 133 Å². The van der Waals surface area contributed by atoms with Gasteiger partial charge >= 0.3 is 0 Å². The number of fused-ring (bicyclic) bond motifs is 6. The predicted molar refractivity (Wildman–Crippen MR) is 348 cm³/mol. The van der Waals surface area contributed by atoms with Crippen molar-refractivity contribution in [2.75, 3.05) is 0 Å². The van der Waals surface area contributed by atoms with Gasteiger partial charge in [-0.15, -0.1) is 0 Å². The summed E-state index contributed by atoms with van der Waals surface area (Å²) in [6, 6.07) is 79.3. The molecule has 7 heteroatoms. The molecule has 406 valence electrons. The molecule has 0 spiro atoms. The summed E-state index contributed by atoms with van der Waals surface area (Å²) in [5, 5.41) is 2.06. The first-order valence-corrected chi connectivity index (χ1v) is 29.0. The molecule has 0 unspecified atom stereocenters. The summed E-state index contributed by atoms with van der Waals surface area (Å²) in [4.78, 5) is 25.6. The normalized spacial score (nSPS) is 12.0. The van der Waals surface area contributed by atoms with E-state index in [1.54, 1.807) is 0 Å². The summed E-state index contributed by atoms with van der Waals surface area (Å²) < 4.78 is 4.34. The average molecular weight is 1090 g/mol. The molecule has 0 N–H and O–H groups in total. The van der Waals surface area contributed by atoms with E-state index in [1.165, 1.54) is 11.1 Å². The molecule has 84 heavy (non-hydrogen) atoms. The quantitative estimate of drug-likeness (QED) is 0.144. The van der Waals surface area contributed by atoms with E-state index in [2.05, 4.69) is 295 Å². The van der Waals surface area contributed by atoms with Gasteiger partial charge in [0, 0.05) is 45.8 Å². The van der Waals surface area contributed by atoms with E-state index in [1.807, 2.05) is 6.20 Å². The van der Waals surface area contributed by atoms with Gasteiger partial charge in [-0.05, 0) is 157 Å². The number of imidazole rings is 2. The van der Waals surface area contributed by atoms with Crippen LogP contribution in [0.4, 0.5) is 0 Å².